The first-order chi connectivity index (χ1) is 14.2. The van der Waals surface area contributed by atoms with Crippen molar-refractivity contribution in [1.82, 2.24) is 16.0 Å². The second kappa shape index (κ2) is 8.46. The summed E-state index contributed by atoms with van der Waals surface area (Å²) < 4.78 is 0. The molecule has 0 bridgehead atoms. The molecule has 2 aromatic carbocycles. The summed E-state index contributed by atoms with van der Waals surface area (Å²) in [5, 5.41) is 12.2. The number of fused-ring (bicyclic) bond motifs is 1. The largest absolute Gasteiger partial charge is 0.343 e. The molecule has 2 unspecified atom stereocenters. The van der Waals surface area contributed by atoms with Crippen LogP contribution in [0.5, 0.6) is 0 Å². The molecule has 2 aliphatic heterocycles. The molecule has 0 radical (unpaired) electrons. The van der Waals surface area contributed by atoms with Crippen LogP contribution in [0.25, 0.3) is 5.57 Å². The molecule has 150 valence electrons. The molecule has 29 heavy (non-hydrogen) atoms. The van der Waals surface area contributed by atoms with Gasteiger partial charge in [0.15, 0.2) is 0 Å². The summed E-state index contributed by atoms with van der Waals surface area (Å²) in [6, 6.07) is 17.7. The van der Waals surface area contributed by atoms with E-state index < -0.39 is 0 Å². The van der Waals surface area contributed by atoms with Crippen molar-refractivity contribution in [2.75, 3.05) is 30.5 Å². The molecule has 0 saturated carbocycles. The third kappa shape index (κ3) is 4.01. The zero-order chi connectivity index (χ0) is 20.2. The van der Waals surface area contributed by atoms with E-state index in [2.05, 4.69) is 26.2 Å². The number of nitrogens with zero attached hydrogens (tertiary/aromatic N) is 1. The highest BCUT2D eigenvalue weighted by molar-refractivity contribution is 5.97. The Hall–Kier alpha value is -3.16. The zero-order valence-corrected chi connectivity index (χ0v) is 16.3. The third-order valence-electron chi connectivity index (χ3n) is 5.24. The van der Waals surface area contributed by atoms with Crippen LogP contribution in [0.3, 0.4) is 0 Å². The number of hydrogen-bond donors (Lipinski definition) is 4. The normalized spacial score (nSPS) is 20.7. The van der Waals surface area contributed by atoms with E-state index in [1.165, 1.54) is 0 Å². The van der Waals surface area contributed by atoms with Crippen molar-refractivity contribution in [2.24, 2.45) is 5.92 Å². The van der Waals surface area contributed by atoms with E-state index in [9.17, 15) is 9.59 Å². The standard InChI is InChI=1S/C22H25N5O2/c1-23-12-11-19(28)26-16-9-7-15(8-10-16)18-13-27(17-5-3-2-4-6-17)21-20(18)22(29)25-14-24-21/h2-10,13,20-21,23-24H,11-12,14H2,1H3,(H,25,29)(H,26,28). The molecular weight excluding hydrogens is 366 g/mol. The van der Waals surface area contributed by atoms with Gasteiger partial charge in [0.05, 0.1) is 12.6 Å². The molecule has 1 saturated heterocycles. The first-order valence-corrected chi connectivity index (χ1v) is 9.78. The van der Waals surface area contributed by atoms with E-state index in [-0.39, 0.29) is 23.9 Å². The van der Waals surface area contributed by atoms with Gasteiger partial charge in [-0.05, 0) is 42.4 Å². The van der Waals surface area contributed by atoms with Gasteiger partial charge in [-0.15, -0.1) is 0 Å². The molecule has 0 aliphatic carbocycles. The Bertz CT molecular complexity index is 911. The molecule has 2 amide bonds. The van der Waals surface area contributed by atoms with E-state index in [4.69, 9.17) is 0 Å². The summed E-state index contributed by atoms with van der Waals surface area (Å²) in [5.41, 5.74) is 3.70. The minimum Gasteiger partial charge on any atom is -0.343 e. The summed E-state index contributed by atoms with van der Waals surface area (Å²) >= 11 is 0. The fourth-order valence-electron chi connectivity index (χ4n) is 3.79. The summed E-state index contributed by atoms with van der Waals surface area (Å²) in [7, 11) is 1.82. The lowest BCUT2D eigenvalue weighted by molar-refractivity contribution is -0.125. The van der Waals surface area contributed by atoms with Gasteiger partial charge in [0.1, 0.15) is 6.17 Å². The molecule has 4 N–H and O–H groups in total. The van der Waals surface area contributed by atoms with E-state index in [0.717, 1.165) is 22.5 Å². The molecule has 2 aromatic rings. The Morgan fingerprint density at radius 1 is 1.14 bits per heavy atom. The molecule has 0 spiro atoms. The molecule has 2 heterocycles. The van der Waals surface area contributed by atoms with Gasteiger partial charge < -0.3 is 20.9 Å². The van der Waals surface area contributed by atoms with Crippen LogP contribution in [-0.4, -0.2) is 38.2 Å². The molecule has 0 aromatic heterocycles. The van der Waals surface area contributed by atoms with Crippen molar-refractivity contribution in [3.63, 3.8) is 0 Å². The van der Waals surface area contributed by atoms with Crippen LogP contribution < -0.4 is 26.2 Å². The maximum Gasteiger partial charge on any atom is 0.232 e. The van der Waals surface area contributed by atoms with Crippen molar-refractivity contribution in [3.05, 3.63) is 66.4 Å². The summed E-state index contributed by atoms with van der Waals surface area (Å²) in [6.45, 7) is 1.08. The lowest BCUT2D eigenvalue weighted by Gasteiger charge is -2.34. The van der Waals surface area contributed by atoms with E-state index in [1.54, 1.807) is 0 Å². The Morgan fingerprint density at radius 2 is 1.90 bits per heavy atom. The highest BCUT2D eigenvalue weighted by atomic mass is 16.2. The van der Waals surface area contributed by atoms with Gasteiger partial charge in [-0.25, -0.2) is 0 Å². The van der Waals surface area contributed by atoms with Crippen LogP contribution in [0.1, 0.15) is 12.0 Å². The Labute approximate surface area is 170 Å². The fraction of sp³-hybridized carbons (Fsp3) is 0.273. The van der Waals surface area contributed by atoms with Crippen LogP contribution in [0.2, 0.25) is 0 Å². The Kier molecular flexibility index (Phi) is 5.59. The smallest absolute Gasteiger partial charge is 0.232 e. The number of para-hydroxylation sites is 1. The number of carbonyl (C=O) groups excluding carboxylic acids is 2. The lowest BCUT2D eigenvalue weighted by Crippen LogP contribution is -2.58. The first kappa shape index (κ1) is 19.2. The topological polar surface area (TPSA) is 85.5 Å². The number of benzene rings is 2. The van der Waals surface area contributed by atoms with Gasteiger partial charge >= 0.3 is 0 Å². The monoisotopic (exact) mass is 391 g/mol. The predicted octanol–water partition coefficient (Wildman–Crippen LogP) is 1.71. The number of anilines is 2. The predicted molar refractivity (Wildman–Crippen MR) is 114 cm³/mol. The molecule has 1 fully saturated rings. The Balaban J connectivity index is 1.58. The minimum absolute atomic E-state index is 0.0166. The third-order valence-corrected chi connectivity index (χ3v) is 5.24. The van der Waals surface area contributed by atoms with Crippen LogP contribution in [0.15, 0.2) is 60.8 Å². The van der Waals surface area contributed by atoms with Crippen LogP contribution >= 0.6 is 0 Å². The number of carbonyl (C=O) groups is 2. The fourth-order valence-corrected chi connectivity index (χ4v) is 3.79. The summed E-state index contributed by atoms with van der Waals surface area (Å²) in [4.78, 5) is 26.7. The van der Waals surface area contributed by atoms with Gasteiger partial charge in [-0.3, -0.25) is 14.9 Å². The Morgan fingerprint density at radius 3 is 2.62 bits per heavy atom. The lowest BCUT2D eigenvalue weighted by atomic mass is 9.91. The molecule has 4 rings (SSSR count). The van der Waals surface area contributed by atoms with Crippen molar-refractivity contribution >= 4 is 28.8 Å². The SMILES string of the molecule is CNCCC(=O)Nc1ccc(C2=CN(c3ccccc3)C3NCNC(=O)C23)cc1. The molecule has 2 aliphatic rings. The summed E-state index contributed by atoms with van der Waals surface area (Å²) in [5.74, 6) is -0.318. The van der Waals surface area contributed by atoms with Crippen LogP contribution in [0.4, 0.5) is 11.4 Å². The van der Waals surface area contributed by atoms with Gasteiger partial charge in [-0.2, -0.15) is 0 Å². The summed E-state index contributed by atoms with van der Waals surface area (Å²) in [6.07, 6.45) is 2.34. The van der Waals surface area contributed by atoms with E-state index >= 15 is 0 Å². The average Bonchev–Trinajstić information content (AvgIpc) is 3.14. The maximum absolute atomic E-state index is 12.7. The molecule has 7 heteroatoms. The number of amides is 2. The van der Waals surface area contributed by atoms with Crippen molar-refractivity contribution < 1.29 is 9.59 Å². The van der Waals surface area contributed by atoms with Crippen molar-refractivity contribution in [1.29, 1.82) is 0 Å². The molecule has 2 atom stereocenters. The quantitative estimate of drug-likeness (QED) is 0.603. The average molecular weight is 391 g/mol. The highest BCUT2D eigenvalue weighted by Crippen LogP contribution is 2.38. The first-order valence-electron chi connectivity index (χ1n) is 9.78. The molecular formula is C22H25N5O2. The molecule has 7 nitrogen and oxygen atoms in total. The minimum atomic E-state index is -0.306. The number of nitrogens with one attached hydrogen (secondary N) is 4. The van der Waals surface area contributed by atoms with E-state index in [0.29, 0.717) is 19.6 Å². The van der Waals surface area contributed by atoms with E-state index in [1.807, 2.05) is 67.8 Å². The van der Waals surface area contributed by atoms with Gasteiger partial charge in [0.25, 0.3) is 0 Å². The number of rotatable bonds is 6. The second-order valence-electron chi connectivity index (χ2n) is 7.15. The van der Waals surface area contributed by atoms with Gasteiger partial charge in [-0.1, -0.05) is 30.3 Å². The van der Waals surface area contributed by atoms with Crippen LogP contribution in [0, 0.1) is 5.92 Å². The van der Waals surface area contributed by atoms with Crippen molar-refractivity contribution in [3.8, 4) is 0 Å². The maximum atomic E-state index is 12.7. The number of hydrogen-bond acceptors (Lipinski definition) is 5. The second-order valence-corrected chi connectivity index (χ2v) is 7.15. The van der Waals surface area contributed by atoms with Gasteiger partial charge in [0, 0.05) is 30.5 Å². The van der Waals surface area contributed by atoms with Crippen LogP contribution in [-0.2, 0) is 9.59 Å². The highest BCUT2D eigenvalue weighted by Gasteiger charge is 2.43. The van der Waals surface area contributed by atoms with Crippen molar-refractivity contribution in [2.45, 2.75) is 12.6 Å². The van der Waals surface area contributed by atoms with Gasteiger partial charge in [0.2, 0.25) is 11.8 Å². The zero-order valence-electron chi connectivity index (χ0n) is 16.3.